The average molecular weight is 230 g/mol. The van der Waals surface area contributed by atoms with Crippen LogP contribution in [0.2, 0.25) is 0 Å². The second-order valence-corrected chi connectivity index (χ2v) is 4.68. The number of carbonyl (C=O) groups is 2. The molecule has 1 unspecified atom stereocenters. The fourth-order valence-corrected chi connectivity index (χ4v) is 2.01. The lowest BCUT2D eigenvalue weighted by Crippen LogP contribution is -2.32. The molecule has 0 aliphatic carbocycles. The summed E-state index contributed by atoms with van der Waals surface area (Å²) < 4.78 is 0. The highest BCUT2D eigenvalue weighted by Gasteiger charge is 2.27. The van der Waals surface area contributed by atoms with Crippen LogP contribution in [0.3, 0.4) is 0 Å². The Balaban J connectivity index is 2.06. The zero-order valence-corrected chi connectivity index (χ0v) is 9.86. The van der Waals surface area contributed by atoms with Crippen molar-refractivity contribution in [3.05, 3.63) is 0 Å². The van der Waals surface area contributed by atoms with E-state index in [0.717, 1.165) is 25.1 Å². The van der Waals surface area contributed by atoms with Gasteiger partial charge in [0.15, 0.2) is 0 Å². The van der Waals surface area contributed by atoms with Crippen LogP contribution in [0.25, 0.3) is 0 Å². The molecular weight excluding hydrogens is 212 g/mol. The molecule has 0 radical (unpaired) electrons. The monoisotopic (exact) mass is 230 g/mol. The molecule has 1 saturated heterocycles. The van der Waals surface area contributed by atoms with Crippen LogP contribution < -0.4 is 10.6 Å². The van der Waals surface area contributed by atoms with Gasteiger partial charge in [0.05, 0.1) is 5.92 Å². The summed E-state index contributed by atoms with van der Waals surface area (Å²) in [7, 11) is 0. The molecule has 15 heavy (non-hydrogen) atoms. The molecule has 0 aromatic rings. The molecule has 1 fully saturated rings. The number of unbranched alkanes of at least 4 members (excludes halogenated alkanes) is 1. The fourth-order valence-electron chi connectivity index (χ4n) is 1.52. The van der Waals surface area contributed by atoms with Crippen molar-refractivity contribution >= 4 is 23.6 Å². The molecule has 0 aromatic heterocycles. The smallest absolute Gasteiger partial charge is 0.225 e. The summed E-state index contributed by atoms with van der Waals surface area (Å²) in [5.41, 5.74) is 0. The number of nitrogens with one attached hydrogen (secondary N) is 2. The van der Waals surface area contributed by atoms with Gasteiger partial charge in [-0.2, -0.15) is 11.8 Å². The lowest BCUT2D eigenvalue weighted by molar-refractivity contribution is -0.126. The zero-order valence-electron chi connectivity index (χ0n) is 9.04. The largest absolute Gasteiger partial charge is 0.356 e. The first kappa shape index (κ1) is 12.4. The normalized spacial score (nSPS) is 20.1. The number of thioether (sulfide) groups is 1. The van der Waals surface area contributed by atoms with E-state index in [0.29, 0.717) is 13.0 Å². The Morgan fingerprint density at radius 3 is 3.00 bits per heavy atom. The third kappa shape index (κ3) is 4.55. The van der Waals surface area contributed by atoms with Crippen molar-refractivity contribution in [2.75, 3.05) is 25.1 Å². The molecule has 4 nitrogen and oxygen atoms in total. The quantitative estimate of drug-likeness (QED) is 0.649. The van der Waals surface area contributed by atoms with E-state index in [1.54, 1.807) is 0 Å². The first-order chi connectivity index (χ1) is 7.24. The van der Waals surface area contributed by atoms with Gasteiger partial charge >= 0.3 is 0 Å². The summed E-state index contributed by atoms with van der Waals surface area (Å²) in [6.45, 7) is 1.22. The first-order valence-corrected chi connectivity index (χ1v) is 6.66. The summed E-state index contributed by atoms with van der Waals surface area (Å²) in [6.07, 6.45) is 4.56. The highest BCUT2D eigenvalue weighted by Crippen LogP contribution is 2.08. The molecule has 0 aromatic carbocycles. The number of hydrogen-bond donors (Lipinski definition) is 2. The van der Waals surface area contributed by atoms with Crippen LogP contribution in [0.4, 0.5) is 0 Å². The summed E-state index contributed by atoms with van der Waals surface area (Å²) >= 11 is 1.82. The van der Waals surface area contributed by atoms with Gasteiger partial charge in [0.1, 0.15) is 0 Å². The molecule has 0 saturated carbocycles. The van der Waals surface area contributed by atoms with Gasteiger partial charge < -0.3 is 10.6 Å². The molecule has 5 heteroatoms. The minimum atomic E-state index is -0.155. The molecular formula is C10H18N2O2S. The van der Waals surface area contributed by atoms with E-state index in [9.17, 15) is 9.59 Å². The molecule has 2 N–H and O–H groups in total. The van der Waals surface area contributed by atoms with Crippen LogP contribution in [-0.2, 0) is 9.59 Å². The van der Waals surface area contributed by atoms with Gasteiger partial charge in [0.25, 0.3) is 0 Å². The van der Waals surface area contributed by atoms with Crippen LogP contribution >= 0.6 is 11.8 Å². The second-order valence-electron chi connectivity index (χ2n) is 3.70. The van der Waals surface area contributed by atoms with Crippen molar-refractivity contribution in [3.8, 4) is 0 Å². The van der Waals surface area contributed by atoms with Crippen molar-refractivity contribution in [2.24, 2.45) is 5.92 Å². The Morgan fingerprint density at radius 2 is 2.40 bits per heavy atom. The third-order valence-corrected chi connectivity index (χ3v) is 3.12. The number of hydrogen-bond acceptors (Lipinski definition) is 3. The van der Waals surface area contributed by atoms with E-state index in [4.69, 9.17) is 0 Å². The molecule has 0 spiro atoms. The standard InChI is InChI=1S/C10H18N2O2S/c1-15-5-3-2-4-11-10(14)8-6-9(13)12-7-8/h8H,2-7H2,1H3,(H,11,14)(H,12,13). The maximum atomic E-state index is 11.5. The minimum absolute atomic E-state index is 0.0116. The van der Waals surface area contributed by atoms with Gasteiger partial charge in [-0.25, -0.2) is 0 Å². The predicted octanol–water partition coefficient (Wildman–Crippen LogP) is 0.382. The maximum Gasteiger partial charge on any atom is 0.225 e. The van der Waals surface area contributed by atoms with E-state index in [-0.39, 0.29) is 17.7 Å². The van der Waals surface area contributed by atoms with Crippen molar-refractivity contribution in [1.82, 2.24) is 10.6 Å². The molecule has 1 heterocycles. The Morgan fingerprint density at radius 1 is 1.60 bits per heavy atom. The average Bonchev–Trinajstić information content (AvgIpc) is 2.64. The van der Waals surface area contributed by atoms with Gasteiger partial charge in [-0.3, -0.25) is 9.59 Å². The van der Waals surface area contributed by atoms with E-state index in [2.05, 4.69) is 16.9 Å². The summed E-state index contributed by atoms with van der Waals surface area (Å²) in [5.74, 6) is 0.979. The third-order valence-electron chi connectivity index (χ3n) is 2.42. The van der Waals surface area contributed by atoms with Gasteiger partial charge in [-0.05, 0) is 24.9 Å². The zero-order chi connectivity index (χ0) is 11.1. The van der Waals surface area contributed by atoms with Gasteiger partial charge in [0.2, 0.25) is 11.8 Å². The van der Waals surface area contributed by atoms with Crippen molar-refractivity contribution < 1.29 is 9.59 Å². The first-order valence-electron chi connectivity index (χ1n) is 5.27. The van der Waals surface area contributed by atoms with Crippen molar-refractivity contribution in [2.45, 2.75) is 19.3 Å². The lowest BCUT2D eigenvalue weighted by Gasteiger charge is -2.08. The topological polar surface area (TPSA) is 58.2 Å². The Kier molecular flexibility index (Phi) is 5.53. The maximum absolute atomic E-state index is 11.5. The Hall–Kier alpha value is -0.710. The molecule has 0 bridgehead atoms. The summed E-state index contributed by atoms with van der Waals surface area (Å²) in [6, 6.07) is 0. The lowest BCUT2D eigenvalue weighted by atomic mass is 10.1. The molecule has 86 valence electrons. The second kappa shape index (κ2) is 6.71. The fraction of sp³-hybridized carbons (Fsp3) is 0.800. The van der Waals surface area contributed by atoms with Crippen LogP contribution in [0, 0.1) is 5.92 Å². The summed E-state index contributed by atoms with van der Waals surface area (Å²) in [4.78, 5) is 22.4. The van der Waals surface area contributed by atoms with Crippen molar-refractivity contribution in [1.29, 1.82) is 0 Å². The number of rotatable bonds is 6. The van der Waals surface area contributed by atoms with Gasteiger partial charge in [0, 0.05) is 19.5 Å². The Labute approximate surface area is 94.6 Å². The van der Waals surface area contributed by atoms with Gasteiger partial charge in [-0.15, -0.1) is 0 Å². The van der Waals surface area contributed by atoms with Crippen LogP contribution in [0.15, 0.2) is 0 Å². The highest BCUT2D eigenvalue weighted by atomic mass is 32.2. The molecule has 1 atom stereocenters. The highest BCUT2D eigenvalue weighted by molar-refractivity contribution is 7.98. The molecule has 2 amide bonds. The SMILES string of the molecule is CSCCCCNC(=O)C1CNC(=O)C1. The van der Waals surface area contributed by atoms with E-state index in [1.165, 1.54) is 0 Å². The molecule has 1 aliphatic heterocycles. The van der Waals surface area contributed by atoms with E-state index in [1.807, 2.05) is 11.8 Å². The predicted molar refractivity (Wildman–Crippen MR) is 61.7 cm³/mol. The van der Waals surface area contributed by atoms with Crippen LogP contribution in [-0.4, -0.2) is 36.9 Å². The number of carbonyl (C=O) groups excluding carboxylic acids is 2. The van der Waals surface area contributed by atoms with Crippen LogP contribution in [0.5, 0.6) is 0 Å². The number of amides is 2. The summed E-state index contributed by atoms with van der Waals surface area (Å²) in [5, 5.41) is 5.52. The van der Waals surface area contributed by atoms with Crippen LogP contribution in [0.1, 0.15) is 19.3 Å². The Bertz CT molecular complexity index is 233. The minimum Gasteiger partial charge on any atom is -0.356 e. The van der Waals surface area contributed by atoms with Gasteiger partial charge in [-0.1, -0.05) is 0 Å². The molecule has 1 rings (SSSR count). The molecule has 1 aliphatic rings. The van der Waals surface area contributed by atoms with Crippen molar-refractivity contribution in [3.63, 3.8) is 0 Å². The van der Waals surface area contributed by atoms with E-state index < -0.39 is 0 Å². The van der Waals surface area contributed by atoms with E-state index >= 15 is 0 Å².